The summed E-state index contributed by atoms with van der Waals surface area (Å²) in [5, 5.41) is 25.0. The Kier molecular flexibility index (Phi) is 14.2. The lowest BCUT2D eigenvalue weighted by atomic mass is 10.1. The Hall–Kier alpha value is -3.07. The van der Waals surface area contributed by atoms with Crippen molar-refractivity contribution in [3.8, 4) is 0 Å². The van der Waals surface area contributed by atoms with Gasteiger partial charge in [0.1, 0.15) is 18.1 Å². The SMILES string of the molecule is CSCCC(N)C(=O)NC(CC(=O)O)C(=O)NC(CCCN=C(N)N)C(=O)NC(C)C(=O)O. The monoisotopic (exact) mass is 491 g/mol. The number of thioether (sulfide) groups is 1. The molecule has 0 aliphatic heterocycles. The molecule has 0 heterocycles. The van der Waals surface area contributed by atoms with Gasteiger partial charge in [-0.15, -0.1) is 0 Å². The Morgan fingerprint density at radius 2 is 1.52 bits per heavy atom. The average Bonchev–Trinajstić information content (AvgIpc) is 2.72. The molecule has 0 aromatic heterocycles. The fraction of sp³-hybridized carbons (Fsp3) is 0.667. The van der Waals surface area contributed by atoms with E-state index >= 15 is 0 Å². The number of guanidine groups is 1. The van der Waals surface area contributed by atoms with Crippen molar-refractivity contribution in [1.82, 2.24) is 16.0 Å². The van der Waals surface area contributed by atoms with Crippen molar-refractivity contribution in [2.24, 2.45) is 22.2 Å². The van der Waals surface area contributed by atoms with Crippen LogP contribution in [0.1, 0.15) is 32.6 Å². The first-order chi connectivity index (χ1) is 15.4. The molecule has 4 unspecified atom stereocenters. The number of nitrogens with one attached hydrogen (secondary N) is 3. The number of carboxylic acids is 2. The van der Waals surface area contributed by atoms with E-state index in [0.29, 0.717) is 12.2 Å². The number of carboxylic acid groups (broad SMARTS) is 2. The molecule has 0 fully saturated rings. The van der Waals surface area contributed by atoms with E-state index in [0.717, 1.165) is 0 Å². The normalized spacial score (nSPS) is 14.2. The second-order valence-corrected chi connectivity index (χ2v) is 8.11. The summed E-state index contributed by atoms with van der Waals surface area (Å²) < 4.78 is 0. The van der Waals surface area contributed by atoms with Crippen LogP contribution in [0.4, 0.5) is 0 Å². The van der Waals surface area contributed by atoms with E-state index in [4.69, 9.17) is 27.4 Å². The summed E-state index contributed by atoms with van der Waals surface area (Å²) in [7, 11) is 0. The topological polar surface area (TPSA) is 252 Å². The zero-order valence-electron chi connectivity index (χ0n) is 18.6. The predicted molar refractivity (Wildman–Crippen MR) is 122 cm³/mol. The molecule has 0 aromatic rings. The van der Waals surface area contributed by atoms with Gasteiger partial charge >= 0.3 is 11.9 Å². The highest BCUT2D eigenvalue weighted by Gasteiger charge is 2.30. The molecule has 0 bridgehead atoms. The molecule has 0 aromatic carbocycles. The number of rotatable bonds is 16. The quantitative estimate of drug-likeness (QED) is 0.0619. The summed E-state index contributed by atoms with van der Waals surface area (Å²) >= 11 is 1.47. The minimum atomic E-state index is -1.50. The van der Waals surface area contributed by atoms with Crippen molar-refractivity contribution in [1.29, 1.82) is 0 Å². The van der Waals surface area contributed by atoms with Gasteiger partial charge < -0.3 is 43.4 Å². The molecular formula is C18H33N7O7S. The zero-order valence-corrected chi connectivity index (χ0v) is 19.4. The van der Waals surface area contributed by atoms with E-state index in [2.05, 4.69) is 20.9 Å². The van der Waals surface area contributed by atoms with Gasteiger partial charge in [0, 0.05) is 6.54 Å². The lowest BCUT2D eigenvalue weighted by Gasteiger charge is -2.24. The van der Waals surface area contributed by atoms with Gasteiger partial charge in [-0.2, -0.15) is 11.8 Å². The van der Waals surface area contributed by atoms with Gasteiger partial charge in [-0.3, -0.25) is 29.0 Å². The molecule has 188 valence electrons. The molecule has 11 N–H and O–H groups in total. The highest BCUT2D eigenvalue weighted by Crippen LogP contribution is 2.04. The predicted octanol–water partition coefficient (Wildman–Crippen LogP) is -2.85. The maximum Gasteiger partial charge on any atom is 0.325 e. The standard InChI is InChI=1S/C18H33N7O7S/c1-9(17(31)32)23-15(29)11(4-3-6-22-18(20)21)24-16(30)12(8-13(26)27)25-14(28)10(19)5-7-33-2/h9-12H,3-8,19H2,1-2H3,(H,23,29)(H,24,30)(H,25,28)(H,26,27)(H,31,32)(H4,20,21,22). The van der Waals surface area contributed by atoms with Crippen LogP contribution in [0.2, 0.25) is 0 Å². The van der Waals surface area contributed by atoms with Gasteiger partial charge in [0.25, 0.3) is 0 Å². The van der Waals surface area contributed by atoms with E-state index in [9.17, 15) is 24.0 Å². The first-order valence-electron chi connectivity index (χ1n) is 10.0. The van der Waals surface area contributed by atoms with Crippen molar-refractivity contribution < 1.29 is 34.2 Å². The first kappa shape index (κ1) is 29.9. The van der Waals surface area contributed by atoms with Crippen LogP contribution in [0.5, 0.6) is 0 Å². The number of aliphatic carboxylic acids is 2. The summed E-state index contributed by atoms with van der Waals surface area (Å²) in [4.78, 5) is 63.5. The number of nitrogens with zero attached hydrogens (tertiary/aromatic N) is 1. The number of carbonyl (C=O) groups excluding carboxylic acids is 3. The number of hydrogen-bond donors (Lipinski definition) is 8. The smallest absolute Gasteiger partial charge is 0.325 e. The number of nitrogens with two attached hydrogens (primary N) is 3. The van der Waals surface area contributed by atoms with E-state index in [1.54, 1.807) is 0 Å². The number of amides is 3. The molecule has 14 nitrogen and oxygen atoms in total. The Labute approximate surface area is 195 Å². The molecule has 33 heavy (non-hydrogen) atoms. The van der Waals surface area contributed by atoms with Crippen LogP contribution in [0.25, 0.3) is 0 Å². The highest BCUT2D eigenvalue weighted by molar-refractivity contribution is 7.98. The molecule has 15 heteroatoms. The fourth-order valence-electron chi connectivity index (χ4n) is 2.46. The summed E-state index contributed by atoms with van der Waals surface area (Å²) in [5.74, 6) is -4.68. The molecule has 0 spiro atoms. The average molecular weight is 492 g/mol. The Balaban J connectivity index is 5.41. The summed E-state index contributed by atoms with van der Waals surface area (Å²) in [5.41, 5.74) is 16.2. The molecule has 0 rings (SSSR count). The first-order valence-corrected chi connectivity index (χ1v) is 11.4. The van der Waals surface area contributed by atoms with E-state index in [-0.39, 0.29) is 25.3 Å². The third-order valence-corrected chi connectivity index (χ3v) is 4.93. The van der Waals surface area contributed by atoms with Crippen molar-refractivity contribution in [2.75, 3.05) is 18.6 Å². The molecule has 0 saturated heterocycles. The van der Waals surface area contributed by atoms with Gasteiger partial charge in [-0.05, 0) is 38.2 Å². The Bertz CT molecular complexity index is 731. The van der Waals surface area contributed by atoms with Gasteiger partial charge in [0.15, 0.2) is 5.96 Å². The highest BCUT2D eigenvalue weighted by atomic mass is 32.2. The molecule has 3 amide bonds. The van der Waals surface area contributed by atoms with Gasteiger partial charge in [0.2, 0.25) is 17.7 Å². The summed E-state index contributed by atoms with van der Waals surface area (Å²) in [6.07, 6.45) is 1.65. The van der Waals surface area contributed by atoms with Crippen LogP contribution in [-0.4, -0.2) is 88.6 Å². The van der Waals surface area contributed by atoms with Crippen LogP contribution >= 0.6 is 11.8 Å². The molecule has 0 radical (unpaired) electrons. The molecule has 0 aliphatic carbocycles. The van der Waals surface area contributed by atoms with Crippen LogP contribution in [0.15, 0.2) is 4.99 Å². The van der Waals surface area contributed by atoms with Crippen molar-refractivity contribution in [2.45, 2.75) is 56.8 Å². The number of hydrogen-bond acceptors (Lipinski definition) is 8. The maximum atomic E-state index is 12.7. The Morgan fingerprint density at radius 3 is 2.03 bits per heavy atom. The number of carbonyl (C=O) groups is 5. The van der Waals surface area contributed by atoms with Crippen LogP contribution in [0, 0.1) is 0 Å². The fourth-order valence-corrected chi connectivity index (χ4v) is 2.95. The van der Waals surface area contributed by atoms with Crippen LogP contribution < -0.4 is 33.2 Å². The van der Waals surface area contributed by atoms with Crippen molar-refractivity contribution >= 4 is 47.4 Å². The van der Waals surface area contributed by atoms with Crippen molar-refractivity contribution in [3.05, 3.63) is 0 Å². The minimum Gasteiger partial charge on any atom is -0.481 e. The molecule has 0 saturated carbocycles. The second-order valence-electron chi connectivity index (χ2n) is 7.13. The van der Waals surface area contributed by atoms with E-state index in [1.807, 2.05) is 6.26 Å². The minimum absolute atomic E-state index is 0.0155. The van der Waals surface area contributed by atoms with Gasteiger partial charge in [0.05, 0.1) is 12.5 Å². The van der Waals surface area contributed by atoms with E-state index in [1.165, 1.54) is 18.7 Å². The van der Waals surface area contributed by atoms with Crippen molar-refractivity contribution in [3.63, 3.8) is 0 Å². The number of aliphatic imine (C=N–C) groups is 1. The summed E-state index contributed by atoms with van der Waals surface area (Å²) in [6.45, 7) is 1.37. The third kappa shape index (κ3) is 13.2. The Morgan fingerprint density at radius 1 is 0.939 bits per heavy atom. The largest absolute Gasteiger partial charge is 0.481 e. The third-order valence-electron chi connectivity index (χ3n) is 4.29. The molecular weight excluding hydrogens is 458 g/mol. The molecule has 0 aliphatic rings. The maximum absolute atomic E-state index is 12.7. The van der Waals surface area contributed by atoms with Gasteiger partial charge in [-0.25, -0.2) is 0 Å². The van der Waals surface area contributed by atoms with E-state index < -0.39 is 60.2 Å². The van der Waals surface area contributed by atoms with Crippen LogP contribution in [0.3, 0.4) is 0 Å². The lowest BCUT2D eigenvalue weighted by molar-refractivity contribution is -0.143. The van der Waals surface area contributed by atoms with Crippen LogP contribution in [-0.2, 0) is 24.0 Å². The van der Waals surface area contributed by atoms with Gasteiger partial charge in [-0.1, -0.05) is 0 Å². The molecule has 4 atom stereocenters. The summed E-state index contributed by atoms with van der Waals surface area (Å²) in [6, 6.07) is -4.91. The lowest BCUT2D eigenvalue weighted by Crippen LogP contribution is -2.57. The zero-order chi connectivity index (χ0) is 25.6. The second kappa shape index (κ2) is 15.7.